The smallest absolute Gasteiger partial charge is 0.348 e. The molecular weight excluding hydrogens is 358 g/mol. The lowest BCUT2D eigenvalue weighted by atomic mass is 10.2. The maximum atomic E-state index is 12.1. The Bertz CT molecular complexity index is 885. The number of thiazole rings is 1. The second-order valence-electron chi connectivity index (χ2n) is 5.22. The number of nitrogens with zero attached hydrogens (tertiary/aromatic N) is 1. The van der Waals surface area contributed by atoms with E-state index in [9.17, 15) is 4.79 Å². The maximum Gasteiger partial charge on any atom is 0.348 e. The SMILES string of the molecule is COc1ccc(-c2nc(COC(=O)c3sccc3C)cs2)cc1OC. The first kappa shape index (κ1) is 17.4. The average molecular weight is 375 g/mol. The van der Waals surface area contributed by atoms with Gasteiger partial charge in [0.25, 0.3) is 0 Å². The first-order chi connectivity index (χ1) is 12.1. The highest BCUT2D eigenvalue weighted by Gasteiger charge is 2.14. The zero-order valence-corrected chi connectivity index (χ0v) is 15.7. The first-order valence-corrected chi connectivity index (χ1v) is 9.26. The molecule has 0 bridgehead atoms. The fourth-order valence-electron chi connectivity index (χ4n) is 2.26. The van der Waals surface area contributed by atoms with Gasteiger partial charge in [0, 0.05) is 10.9 Å². The molecule has 5 nitrogen and oxygen atoms in total. The lowest BCUT2D eigenvalue weighted by Crippen LogP contribution is -2.04. The number of thiophene rings is 1. The molecule has 3 aromatic rings. The number of hydrogen-bond acceptors (Lipinski definition) is 7. The van der Waals surface area contributed by atoms with Crippen molar-refractivity contribution in [2.45, 2.75) is 13.5 Å². The van der Waals surface area contributed by atoms with Crippen LogP contribution in [0.4, 0.5) is 0 Å². The van der Waals surface area contributed by atoms with E-state index in [1.807, 2.05) is 41.9 Å². The molecule has 0 N–H and O–H groups in total. The summed E-state index contributed by atoms with van der Waals surface area (Å²) in [6.07, 6.45) is 0. The Balaban J connectivity index is 1.70. The highest BCUT2D eigenvalue weighted by molar-refractivity contribution is 7.13. The summed E-state index contributed by atoms with van der Waals surface area (Å²) in [6.45, 7) is 2.05. The van der Waals surface area contributed by atoms with Crippen LogP contribution < -0.4 is 9.47 Å². The van der Waals surface area contributed by atoms with Crippen LogP contribution in [0, 0.1) is 6.92 Å². The summed E-state index contributed by atoms with van der Waals surface area (Å²) in [6, 6.07) is 7.54. The Kier molecular flexibility index (Phi) is 5.35. The minimum Gasteiger partial charge on any atom is -0.493 e. The quantitative estimate of drug-likeness (QED) is 0.592. The second kappa shape index (κ2) is 7.67. The normalized spacial score (nSPS) is 10.5. The zero-order valence-electron chi connectivity index (χ0n) is 14.1. The van der Waals surface area contributed by atoms with Crippen LogP contribution in [0.3, 0.4) is 0 Å². The van der Waals surface area contributed by atoms with Gasteiger partial charge in [0.2, 0.25) is 0 Å². The summed E-state index contributed by atoms with van der Waals surface area (Å²) in [5.41, 5.74) is 2.57. The first-order valence-electron chi connectivity index (χ1n) is 7.50. The summed E-state index contributed by atoms with van der Waals surface area (Å²) < 4.78 is 15.9. The Hall–Kier alpha value is -2.38. The van der Waals surface area contributed by atoms with Crippen molar-refractivity contribution in [3.63, 3.8) is 0 Å². The lowest BCUT2D eigenvalue weighted by Gasteiger charge is -2.08. The van der Waals surface area contributed by atoms with E-state index < -0.39 is 0 Å². The highest BCUT2D eigenvalue weighted by Crippen LogP contribution is 2.33. The van der Waals surface area contributed by atoms with Gasteiger partial charge in [-0.1, -0.05) is 0 Å². The standard InChI is InChI=1S/C18H17NO4S2/c1-11-6-7-24-16(11)18(20)23-9-13-10-25-17(19-13)12-4-5-14(21-2)15(8-12)22-3/h4-8,10H,9H2,1-3H3. The van der Waals surface area contributed by atoms with Gasteiger partial charge >= 0.3 is 5.97 Å². The van der Waals surface area contributed by atoms with Gasteiger partial charge < -0.3 is 14.2 Å². The van der Waals surface area contributed by atoms with E-state index in [1.54, 1.807) is 14.2 Å². The number of methoxy groups -OCH3 is 2. The summed E-state index contributed by atoms with van der Waals surface area (Å²) in [4.78, 5) is 17.2. The van der Waals surface area contributed by atoms with Gasteiger partial charge in [0.1, 0.15) is 16.5 Å². The van der Waals surface area contributed by atoms with Gasteiger partial charge in [-0.15, -0.1) is 22.7 Å². The van der Waals surface area contributed by atoms with E-state index >= 15 is 0 Å². The topological polar surface area (TPSA) is 57.7 Å². The molecule has 2 aromatic heterocycles. The number of benzene rings is 1. The molecule has 130 valence electrons. The molecule has 0 saturated carbocycles. The summed E-state index contributed by atoms with van der Waals surface area (Å²) in [5.74, 6) is 1.01. The van der Waals surface area contributed by atoms with Crippen molar-refractivity contribution in [1.29, 1.82) is 0 Å². The van der Waals surface area contributed by atoms with Gasteiger partial charge in [-0.05, 0) is 42.1 Å². The number of aromatic nitrogens is 1. The van der Waals surface area contributed by atoms with Gasteiger partial charge in [-0.25, -0.2) is 9.78 Å². The van der Waals surface area contributed by atoms with Crippen molar-refractivity contribution in [3.8, 4) is 22.1 Å². The third-order valence-electron chi connectivity index (χ3n) is 3.58. The molecule has 0 radical (unpaired) electrons. The van der Waals surface area contributed by atoms with Crippen molar-refractivity contribution in [3.05, 3.63) is 51.2 Å². The molecule has 2 heterocycles. The summed E-state index contributed by atoms with van der Waals surface area (Å²) in [7, 11) is 3.20. The van der Waals surface area contributed by atoms with Crippen molar-refractivity contribution >= 4 is 28.6 Å². The number of hydrogen-bond donors (Lipinski definition) is 0. The van der Waals surface area contributed by atoms with Crippen molar-refractivity contribution in [2.75, 3.05) is 14.2 Å². The Morgan fingerprint density at radius 2 is 1.92 bits per heavy atom. The van der Waals surface area contributed by atoms with E-state index in [0.717, 1.165) is 21.8 Å². The van der Waals surface area contributed by atoms with E-state index in [4.69, 9.17) is 14.2 Å². The van der Waals surface area contributed by atoms with Crippen LogP contribution in [-0.2, 0) is 11.3 Å². The van der Waals surface area contributed by atoms with Crippen LogP contribution in [-0.4, -0.2) is 25.2 Å². The molecule has 0 atom stereocenters. The second-order valence-corrected chi connectivity index (χ2v) is 7.00. The Labute approximate surface area is 153 Å². The maximum absolute atomic E-state index is 12.1. The number of aryl methyl sites for hydroxylation is 1. The van der Waals surface area contributed by atoms with Gasteiger partial charge in [-0.3, -0.25) is 0 Å². The van der Waals surface area contributed by atoms with Crippen LogP contribution >= 0.6 is 22.7 Å². The largest absolute Gasteiger partial charge is 0.493 e. The van der Waals surface area contributed by atoms with Crippen LogP contribution in [0.15, 0.2) is 35.0 Å². The van der Waals surface area contributed by atoms with Crippen molar-refractivity contribution in [2.24, 2.45) is 0 Å². The highest BCUT2D eigenvalue weighted by atomic mass is 32.1. The molecule has 0 spiro atoms. The van der Waals surface area contributed by atoms with Gasteiger partial charge in [0.15, 0.2) is 11.5 Å². The molecule has 0 aliphatic carbocycles. The van der Waals surface area contributed by atoms with E-state index in [-0.39, 0.29) is 12.6 Å². The number of carbonyl (C=O) groups excluding carboxylic acids is 1. The number of carbonyl (C=O) groups is 1. The van der Waals surface area contributed by atoms with Gasteiger partial charge in [0.05, 0.1) is 19.9 Å². The molecule has 7 heteroatoms. The number of rotatable bonds is 6. The summed E-state index contributed by atoms with van der Waals surface area (Å²) >= 11 is 2.88. The fourth-order valence-corrected chi connectivity index (χ4v) is 3.88. The van der Waals surface area contributed by atoms with Crippen LogP contribution in [0.2, 0.25) is 0 Å². The van der Waals surface area contributed by atoms with Crippen molar-refractivity contribution < 1.29 is 19.0 Å². The molecule has 0 amide bonds. The molecule has 25 heavy (non-hydrogen) atoms. The zero-order chi connectivity index (χ0) is 17.8. The molecule has 1 aromatic carbocycles. The van der Waals surface area contributed by atoms with E-state index in [0.29, 0.717) is 16.4 Å². The molecular formula is C18H17NO4S2. The van der Waals surface area contributed by atoms with Gasteiger partial charge in [-0.2, -0.15) is 0 Å². The van der Waals surface area contributed by atoms with E-state index in [1.165, 1.54) is 22.7 Å². The molecule has 0 saturated heterocycles. The fraction of sp³-hybridized carbons (Fsp3) is 0.222. The molecule has 3 rings (SSSR count). The third-order valence-corrected chi connectivity index (χ3v) is 5.52. The predicted molar refractivity (Wildman–Crippen MR) is 98.8 cm³/mol. The molecule has 0 fully saturated rings. The number of esters is 1. The average Bonchev–Trinajstić information content (AvgIpc) is 3.28. The summed E-state index contributed by atoms with van der Waals surface area (Å²) in [5, 5.41) is 4.60. The van der Waals surface area contributed by atoms with Crippen LogP contribution in [0.25, 0.3) is 10.6 Å². The molecule has 0 aliphatic heterocycles. The Morgan fingerprint density at radius 3 is 2.60 bits per heavy atom. The molecule has 0 unspecified atom stereocenters. The third kappa shape index (κ3) is 3.83. The monoisotopic (exact) mass is 375 g/mol. The molecule has 0 aliphatic rings. The van der Waals surface area contributed by atoms with Crippen LogP contribution in [0.1, 0.15) is 20.9 Å². The number of ether oxygens (including phenoxy) is 3. The van der Waals surface area contributed by atoms with Crippen LogP contribution in [0.5, 0.6) is 11.5 Å². The Morgan fingerprint density at radius 1 is 1.12 bits per heavy atom. The van der Waals surface area contributed by atoms with Crippen molar-refractivity contribution in [1.82, 2.24) is 4.98 Å². The minimum atomic E-state index is -0.312. The minimum absolute atomic E-state index is 0.153. The predicted octanol–water partition coefficient (Wildman–Crippen LogP) is 4.55. The van der Waals surface area contributed by atoms with E-state index in [2.05, 4.69) is 4.98 Å². The lowest BCUT2D eigenvalue weighted by molar-refractivity contribution is 0.0473.